The zero-order chi connectivity index (χ0) is 12.7. The first-order valence-electron chi connectivity index (χ1n) is 5.28. The van der Waals surface area contributed by atoms with E-state index in [-0.39, 0.29) is 5.82 Å². The third kappa shape index (κ3) is 1.73. The Morgan fingerprint density at radius 1 is 1.28 bits per heavy atom. The molecule has 90 valence electrons. The molecule has 0 aliphatic rings. The van der Waals surface area contributed by atoms with Crippen molar-refractivity contribution in [2.45, 2.75) is 6.92 Å². The van der Waals surface area contributed by atoms with E-state index in [2.05, 4.69) is 15.0 Å². The average Bonchev–Trinajstić information content (AvgIpc) is 2.72. The molecule has 0 unspecified atom stereocenters. The van der Waals surface area contributed by atoms with Crippen LogP contribution in [0.15, 0.2) is 30.6 Å². The zero-order valence-electron chi connectivity index (χ0n) is 9.43. The van der Waals surface area contributed by atoms with Gasteiger partial charge in [-0.3, -0.25) is 4.57 Å². The summed E-state index contributed by atoms with van der Waals surface area (Å²) in [5, 5.41) is 0.305. The Balaban J connectivity index is 2.31. The van der Waals surface area contributed by atoms with Crippen molar-refractivity contribution in [3.05, 3.63) is 47.4 Å². The van der Waals surface area contributed by atoms with Crippen LogP contribution in [0.1, 0.15) is 5.82 Å². The highest BCUT2D eigenvalue weighted by atomic mass is 35.5. The van der Waals surface area contributed by atoms with Crippen LogP contribution in [0.2, 0.25) is 5.15 Å². The molecule has 0 atom stereocenters. The largest absolute Gasteiger partial charge is 0.295 e. The van der Waals surface area contributed by atoms with Gasteiger partial charge in [0, 0.05) is 0 Å². The number of aromatic nitrogens is 4. The van der Waals surface area contributed by atoms with Gasteiger partial charge >= 0.3 is 0 Å². The second-order valence-electron chi connectivity index (χ2n) is 3.83. The number of nitrogens with zero attached hydrogens (tertiary/aromatic N) is 4. The maximum Gasteiger partial charge on any atom is 0.182 e. The first-order chi connectivity index (χ1) is 8.65. The Kier molecular flexibility index (Phi) is 2.48. The average molecular weight is 263 g/mol. The van der Waals surface area contributed by atoms with Crippen LogP contribution in [0.3, 0.4) is 0 Å². The summed E-state index contributed by atoms with van der Waals surface area (Å²) in [5.41, 5.74) is 1.71. The molecule has 0 aliphatic heterocycles. The third-order valence-electron chi connectivity index (χ3n) is 2.56. The van der Waals surface area contributed by atoms with Gasteiger partial charge in [-0.2, -0.15) is 0 Å². The fraction of sp³-hybridized carbons (Fsp3) is 0.0833. The second-order valence-corrected chi connectivity index (χ2v) is 4.19. The van der Waals surface area contributed by atoms with E-state index in [9.17, 15) is 4.39 Å². The lowest BCUT2D eigenvalue weighted by atomic mass is 10.3. The number of fused-ring (bicyclic) bond motifs is 1. The Bertz CT molecular complexity index is 738. The number of halogens is 2. The molecular formula is C12H8ClFN4. The molecule has 0 N–H and O–H groups in total. The summed E-state index contributed by atoms with van der Waals surface area (Å²) in [6.45, 7) is 1.74. The van der Waals surface area contributed by atoms with E-state index < -0.39 is 0 Å². The van der Waals surface area contributed by atoms with Crippen molar-refractivity contribution in [2.24, 2.45) is 0 Å². The normalized spacial score (nSPS) is 11.1. The summed E-state index contributed by atoms with van der Waals surface area (Å²) >= 11 is 6.09. The molecular weight excluding hydrogens is 255 g/mol. The zero-order valence-corrected chi connectivity index (χ0v) is 10.2. The highest BCUT2D eigenvalue weighted by molar-refractivity contribution is 6.33. The predicted octanol–water partition coefficient (Wildman–Crippen LogP) is 2.92. The number of imidazole rings is 1. The molecule has 3 rings (SSSR count). The summed E-state index contributed by atoms with van der Waals surface area (Å²) in [4.78, 5) is 12.4. The van der Waals surface area contributed by atoms with E-state index >= 15 is 0 Å². The Hall–Kier alpha value is -2.01. The molecule has 2 heterocycles. The van der Waals surface area contributed by atoms with Gasteiger partial charge in [0.15, 0.2) is 10.8 Å². The number of hydrogen-bond donors (Lipinski definition) is 0. The lowest BCUT2D eigenvalue weighted by molar-refractivity contribution is 0.627. The molecule has 2 aromatic heterocycles. The summed E-state index contributed by atoms with van der Waals surface area (Å²) in [6.07, 6.45) is 1.56. The Morgan fingerprint density at radius 3 is 2.89 bits per heavy atom. The maximum absolute atomic E-state index is 13.2. The monoisotopic (exact) mass is 262 g/mol. The SMILES string of the molecule is Cc1nc(Cl)c2c(ncn2-c2cccc(F)c2)n1. The van der Waals surface area contributed by atoms with Crippen molar-refractivity contribution in [3.8, 4) is 5.69 Å². The standard InChI is InChI=1S/C12H8ClFN4/c1-7-16-11(13)10-12(17-7)15-6-18(10)9-4-2-3-8(14)5-9/h2-6H,1H3. The van der Waals surface area contributed by atoms with Crippen LogP contribution in [0.25, 0.3) is 16.9 Å². The first kappa shape index (κ1) is 11.1. The fourth-order valence-electron chi connectivity index (χ4n) is 1.81. The minimum absolute atomic E-state index is 0.305. The van der Waals surface area contributed by atoms with E-state index in [4.69, 9.17) is 11.6 Å². The molecule has 0 spiro atoms. The van der Waals surface area contributed by atoms with Gasteiger partial charge in [0.25, 0.3) is 0 Å². The minimum Gasteiger partial charge on any atom is -0.295 e. The van der Waals surface area contributed by atoms with E-state index in [1.807, 2.05) is 0 Å². The molecule has 0 amide bonds. The lowest BCUT2D eigenvalue weighted by Gasteiger charge is -2.05. The molecule has 0 fully saturated rings. The van der Waals surface area contributed by atoms with Crippen LogP contribution in [0, 0.1) is 12.7 Å². The maximum atomic E-state index is 13.2. The van der Waals surface area contributed by atoms with Gasteiger partial charge < -0.3 is 0 Å². The van der Waals surface area contributed by atoms with Gasteiger partial charge in [-0.15, -0.1) is 0 Å². The van der Waals surface area contributed by atoms with Gasteiger partial charge in [0.1, 0.15) is 23.5 Å². The number of benzene rings is 1. The quantitative estimate of drug-likeness (QED) is 0.634. The predicted molar refractivity (Wildman–Crippen MR) is 66.4 cm³/mol. The van der Waals surface area contributed by atoms with Crippen molar-refractivity contribution in [2.75, 3.05) is 0 Å². The van der Waals surface area contributed by atoms with Crippen LogP contribution in [-0.2, 0) is 0 Å². The number of aryl methyl sites for hydroxylation is 1. The van der Waals surface area contributed by atoms with Gasteiger partial charge in [-0.25, -0.2) is 19.3 Å². The Labute approximate surface area is 107 Å². The summed E-state index contributed by atoms with van der Waals surface area (Å²) in [7, 11) is 0. The van der Waals surface area contributed by atoms with Gasteiger partial charge in [0.2, 0.25) is 0 Å². The highest BCUT2D eigenvalue weighted by Gasteiger charge is 2.12. The van der Waals surface area contributed by atoms with Crippen molar-refractivity contribution in [1.29, 1.82) is 0 Å². The highest BCUT2D eigenvalue weighted by Crippen LogP contribution is 2.23. The molecule has 6 heteroatoms. The van der Waals surface area contributed by atoms with Crippen molar-refractivity contribution in [3.63, 3.8) is 0 Å². The molecule has 18 heavy (non-hydrogen) atoms. The van der Waals surface area contributed by atoms with E-state index in [0.717, 1.165) is 0 Å². The van der Waals surface area contributed by atoms with Gasteiger partial charge in [-0.1, -0.05) is 17.7 Å². The molecule has 0 radical (unpaired) electrons. The van der Waals surface area contributed by atoms with Crippen LogP contribution in [-0.4, -0.2) is 19.5 Å². The lowest BCUT2D eigenvalue weighted by Crippen LogP contribution is -1.96. The third-order valence-corrected chi connectivity index (χ3v) is 2.82. The summed E-state index contributed by atoms with van der Waals surface area (Å²) in [5.74, 6) is 0.232. The van der Waals surface area contributed by atoms with E-state index in [1.54, 1.807) is 30.0 Å². The topological polar surface area (TPSA) is 43.6 Å². The molecule has 0 saturated heterocycles. The second kappa shape index (κ2) is 4.03. The minimum atomic E-state index is -0.321. The number of hydrogen-bond acceptors (Lipinski definition) is 3. The number of rotatable bonds is 1. The van der Waals surface area contributed by atoms with Gasteiger partial charge in [0.05, 0.1) is 5.69 Å². The van der Waals surface area contributed by atoms with Crippen LogP contribution in [0.4, 0.5) is 4.39 Å². The molecule has 0 aliphatic carbocycles. The molecule has 3 aromatic rings. The summed E-state index contributed by atoms with van der Waals surface area (Å²) < 4.78 is 14.9. The first-order valence-corrected chi connectivity index (χ1v) is 5.66. The Morgan fingerprint density at radius 2 is 2.11 bits per heavy atom. The molecule has 0 bridgehead atoms. The van der Waals surface area contributed by atoms with E-state index in [0.29, 0.717) is 27.8 Å². The van der Waals surface area contributed by atoms with Gasteiger partial charge in [-0.05, 0) is 25.1 Å². The smallest absolute Gasteiger partial charge is 0.182 e. The van der Waals surface area contributed by atoms with Crippen LogP contribution < -0.4 is 0 Å². The van der Waals surface area contributed by atoms with E-state index in [1.165, 1.54) is 12.1 Å². The fourth-order valence-corrected chi connectivity index (χ4v) is 2.11. The molecule has 1 aromatic carbocycles. The van der Waals surface area contributed by atoms with Crippen LogP contribution in [0.5, 0.6) is 0 Å². The van der Waals surface area contributed by atoms with Crippen LogP contribution >= 0.6 is 11.6 Å². The molecule has 0 saturated carbocycles. The molecule has 4 nitrogen and oxygen atoms in total. The van der Waals surface area contributed by atoms with Crippen molar-refractivity contribution >= 4 is 22.8 Å². The summed E-state index contributed by atoms with van der Waals surface area (Å²) in [6, 6.07) is 6.17. The van der Waals surface area contributed by atoms with Crippen molar-refractivity contribution in [1.82, 2.24) is 19.5 Å². The van der Waals surface area contributed by atoms with Crippen molar-refractivity contribution < 1.29 is 4.39 Å².